The molecule has 9 nitrogen and oxygen atoms in total. The Balaban J connectivity index is 3.25. The van der Waals surface area contributed by atoms with E-state index in [1.807, 2.05) is 0 Å². The predicted octanol–water partition coefficient (Wildman–Crippen LogP) is 0.985. The second-order valence-corrected chi connectivity index (χ2v) is 4.44. The van der Waals surface area contributed by atoms with Crippen LogP contribution in [0.4, 0.5) is 11.4 Å². The minimum Gasteiger partial charge on any atom is -0.478 e. The summed E-state index contributed by atoms with van der Waals surface area (Å²) < 4.78 is 8.95. The molecule has 0 spiro atoms. The minimum absolute atomic E-state index is 0.0251. The van der Waals surface area contributed by atoms with Gasteiger partial charge in [-0.1, -0.05) is 0 Å². The topological polar surface area (TPSA) is 131 Å². The number of benzene rings is 1. The van der Waals surface area contributed by atoms with Gasteiger partial charge in [-0.25, -0.2) is 14.4 Å². The van der Waals surface area contributed by atoms with Gasteiger partial charge in [0.1, 0.15) is 5.70 Å². The number of ether oxygens (including phenoxy) is 2. The first-order chi connectivity index (χ1) is 11.3. The Morgan fingerprint density at radius 3 is 2.25 bits per heavy atom. The first-order valence-corrected chi connectivity index (χ1v) is 6.58. The number of methoxy groups -OCH3 is 2. The van der Waals surface area contributed by atoms with Crippen molar-refractivity contribution in [1.29, 1.82) is 0 Å². The Bertz CT molecular complexity index is 710. The number of carboxylic acids is 1. The van der Waals surface area contributed by atoms with Gasteiger partial charge in [0.15, 0.2) is 0 Å². The van der Waals surface area contributed by atoms with Crippen LogP contribution in [0.15, 0.2) is 30.0 Å². The Morgan fingerprint density at radius 1 is 1.08 bits per heavy atom. The van der Waals surface area contributed by atoms with E-state index in [9.17, 15) is 24.3 Å². The van der Waals surface area contributed by atoms with Gasteiger partial charge in [-0.2, -0.15) is 0 Å². The molecule has 1 aromatic carbocycles. The van der Waals surface area contributed by atoms with E-state index in [1.54, 1.807) is 0 Å². The standard InChI is InChI=1S/C15H16N2O7/c1-8(18)16-9-4-5-11(10(6-9)14(20)21)17-12(15(22)24-3)7-13(19)23-2/h4-7,17H,1-3H3,(H,16,18)(H,20,21)/b12-7+. The average Bonchev–Trinajstić information content (AvgIpc) is 2.53. The van der Waals surface area contributed by atoms with Crippen LogP contribution in [0.3, 0.4) is 0 Å². The number of aromatic carboxylic acids is 1. The third-order valence-electron chi connectivity index (χ3n) is 2.71. The fraction of sp³-hybridized carbons (Fsp3) is 0.200. The number of carbonyl (C=O) groups excluding carboxylic acids is 3. The highest BCUT2D eigenvalue weighted by molar-refractivity contribution is 6.02. The summed E-state index contributed by atoms with van der Waals surface area (Å²) >= 11 is 0. The SMILES string of the molecule is COC(=O)/C=C(/Nc1ccc(NC(C)=O)cc1C(=O)O)C(=O)OC. The Hall–Kier alpha value is -3.36. The van der Waals surface area contributed by atoms with Gasteiger partial charge in [0.2, 0.25) is 5.91 Å². The zero-order chi connectivity index (χ0) is 18.3. The van der Waals surface area contributed by atoms with Crippen LogP contribution in [0.25, 0.3) is 0 Å². The first kappa shape index (κ1) is 18.7. The lowest BCUT2D eigenvalue weighted by molar-refractivity contribution is -0.138. The summed E-state index contributed by atoms with van der Waals surface area (Å²) in [5.41, 5.74) is -0.237. The lowest BCUT2D eigenvalue weighted by atomic mass is 10.1. The highest BCUT2D eigenvalue weighted by Gasteiger charge is 2.17. The molecule has 0 bridgehead atoms. The molecule has 0 unspecified atom stereocenters. The van der Waals surface area contributed by atoms with Gasteiger partial charge in [0.05, 0.1) is 31.5 Å². The number of amides is 1. The maximum atomic E-state index is 11.7. The maximum Gasteiger partial charge on any atom is 0.354 e. The third-order valence-corrected chi connectivity index (χ3v) is 2.71. The van der Waals surface area contributed by atoms with Crippen LogP contribution in [0.2, 0.25) is 0 Å². The number of nitrogens with one attached hydrogen (secondary N) is 2. The molecular weight excluding hydrogens is 320 g/mol. The number of esters is 2. The number of hydrogen-bond donors (Lipinski definition) is 3. The van der Waals surface area contributed by atoms with E-state index in [1.165, 1.54) is 25.1 Å². The number of anilines is 2. The summed E-state index contributed by atoms with van der Waals surface area (Å²) in [7, 11) is 2.23. The molecule has 0 saturated carbocycles. The van der Waals surface area contributed by atoms with Crippen molar-refractivity contribution in [1.82, 2.24) is 0 Å². The molecular formula is C15H16N2O7. The van der Waals surface area contributed by atoms with E-state index in [-0.39, 0.29) is 28.5 Å². The predicted molar refractivity (Wildman–Crippen MR) is 83.4 cm³/mol. The Labute approximate surface area is 137 Å². The lowest BCUT2D eigenvalue weighted by Crippen LogP contribution is -2.17. The van der Waals surface area contributed by atoms with Crippen LogP contribution in [-0.4, -0.2) is 43.1 Å². The van der Waals surface area contributed by atoms with E-state index in [2.05, 4.69) is 20.1 Å². The highest BCUT2D eigenvalue weighted by Crippen LogP contribution is 2.22. The molecule has 0 heterocycles. The largest absolute Gasteiger partial charge is 0.478 e. The monoisotopic (exact) mass is 336 g/mol. The van der Waals surface area contributed by atoms with Gasteiger partial charge in [0.25, 0.3) is 0 Å². The van der Waals surface area contributed by atoms with Crippen molar-refractivity contribution in [3.05, 3.63) is 35.5 Å². The molecule has 0 fully saturated rings. The second-order valence-electron chi connectivity index (χ2n) is 4.44. The van der Waals surface area contributed by atoms with Crippen LogP contribution in [-0.2, 0) is 23.9 Å². The van der Waals surface area contributed by atoms with E-state index >= 15 is 0 Å². The smallest absolute Gasteiger partial charge is 0.354 e. The van der Waals surface area contributed by atoms with Gasteiger partial charge >= 0.3 is 17.9 Å². The van der Waals surface area contributed by atoms with Crippen molar-refractivity contribution in [2.45, 2.75) is 6.92 Å². The van der Waals surface area contributed by atoms with E-state index < -0.39 is 17.9 Å². The summed E-state index contributed by atoms with van der Waals surface area (Å²) in [6.07, 6.45) is 0.833. The van der Waals surface area contributed by atoms with E-state index in [0.29, 0.717) is 0 Å². The van der Waals surface area contributed by atoms with Crippen molar-refractivity contribution in [3.8, 4) is 0 Å². The number of carbonyl (C=O) groups is 4. The van der Waals surface area contributed by atoms with E-state index in [0.717, 1.165) is 20.3 Å². The molecule has 0 saturated heterocycles. The highest BCUT2D eigenvalue weighted by atomic mass is 16.5. The average molecular weight is 336 g/mol. The molecule has 1 amide bonds. The minimum atomic E-state index is -1.30. The molecule has 0 radical (unpaired) electrons. The van der Waals surface area contributed by atoms with Crippen molar-refractivity contribution in [2.75, 3.05) is 24.9 Å². The molecule has 0 aliphatic heterocycles. The van der Waals surface area contributed by atoms with Gasteiger partial charge in [-0.15, -0.1) is 0 Å². The maximum absolute atomic E-state index is 11.7. The quantitative estimate of drug-likeness (QED) is 0.517. The molecule has 1 rings (SSSR count). The first-order valence-electron chi connectivity index (χ1n) is 6.58. The molecule has 0 aliphatic carbocycles. The Kier molecular flexibility index (Phi) is 6.48. The molecule has 0 aromatic heterocycles. The van der Waals surface area contributed by atoms with Gasteiger partial charge < -0.3 is 25.2 Å². The van der Waals surface area contributed by atoms with Gasteiger partial charge in [-0.05, 0) is 18.2 Å². The van der Waals surface area contributed by atoms with Crippen molar-refractivity contribution >= 4 is 35.2 Å². The summed E-state index contributed by atoms with van der Waals surface area (Å²) in [4.78, 5) is 45.4. The molecule has 0 aliphatic rings. The van der Waals surface area contributed by atoms with Crippen LogP contribution < -0.4 is 10.6 Å². The molecule has 0 atom stereocenters. The zero-order valence-electron chi connectivity index (χ0n) is 13.2. The summed E-state index contributed by atoms with van der Waals surface area (Å²) in [5, 5.41) is 14.2. The second kappa shape index (κ2) is 8.32. The molecule has 24 heavy (non-hydrogen) atoms. The summed E-state index contributed by atoms with van der Waals surface area (Å²) in [6, 6.07) is 3.98. The summed E-state index contributed by atoms with van der Waals surface area (Å²) in [5.74, 6) is -3.38. The molecule has 9 heteroatoms. The van der Waals surface area contributed by atoms with Crippen molar-refractivity contribution in [3.63, 3.8) is 0 Å². The Morgan fingerprint density at radius 2 is 1.75 bits per heavy atom. The third kappa shape index (κ3) is 5.13. The lowest BCUT2D eigenvalue weighted by Gasteiger charge is -2.13. The van der Waals surface area contributed by atoms with Crippen LogP contribution in [0.5, 0.6) is 0 Å². The zero-order valence-corrected chi connectivity index (χ0v) is 13.2. The fourth-order valence-electron chi connectivity index (χ4n) is 1.69. The normalized spacial score (nSPS) is 10.5. The van der Waals surface area contributed by atoms with E-state index in [4.69, 9.17) is 0 Å². The van der Waals surface area contributed by atoms with Gasteiger partial charge in [-0.3, -0.25) is 4.79 Å². The number of hydrogen-bond acceptors (Lipinski definition) is 7. The van der Waals surface area contributed by atoms with Crippen molar-refractivity contribution in [2.24, 2.45) is 0 Å². The van der Waals surface area contributed by atoms with Crippen LogP contribution >= 0.6 is 0 Å². The fourth-order valence-corrected chi connectivity index (χ4v) is 1.69. The molecule has 3 N–H and O–H groups in total. The van der Waals surface area contributed by atoms with Crippen molar-refractivity contribution < 1.29 is 33.8 Å². The number of carboxylic acid groups (broad SMARTS) is 1. The van der Waals surface area contributed by atoms with Crippen LogP contribution in [0, 0.1) is 0 Å². The molecule has 1 aromatic rings. The molecule has 128 valence electrons. The summed E-state index contributed by atoms with van der Waals surface area (Å²) in [6.45, 7) is 1.28. The number of rotatable bonds is 6. The van der Waals surface area contributed by atoms with Gasteiger partial charge in [0, 0.05) is 12.6 Å². The van der Waals surface area contributed by atoms with Crippen LogP contribution in [0.1, 0.15) is 17.3 Å².